The van der Waals surface area contributed by atoms with Crippen molar-refractivity contribution in [2.75, 3.05) is 6.61 Å². The first kappa shape index (κ1) is 41.4. The summed E-state index contributed by atoms with van der Waals surface area (Å²) in [6.07, 6.45) is 3.97. The van der Waals surface area contributed by atoms with Gasteiger partial charge in [-0.3, -0.25) is 28.8 Å². The van der Waals surface area contributed by atoms with Crippen molar-refractivity contribution < 1.29 is 62.3 Å². The van der Waals surface area contributed by atoms with Crippen molar-refractivity contribution >= 4 is 35.6 Å². The van der Waals surface area contributed by atoms with Gasteiger partial charge in [0.25, 0.3) is 0 Å². The van der Waals surface area contributed by atoms with Gasteiger partial charge in [-0.15, -0.1) is 0 Å². The molecule has 5 aliphatic carbocycles. The Kier molecular flexibility index (Phi) is 10.6. The molecule has 0 aromatic heterocycles. The summed E-state index contributed by atoms with van der Waals surface area (Å²) in [4.78, 5) is 76.3. The number of carbonyl (C=O) groups excluding carboxylic acids is 6. The van der Waals surface area contributed by atoms with E-state index < -0.39 is 78.0 Å². The molecule has 0 amide bonds. The number of hydrogen-bond donors (Lipinski definition) is 1. The number of aliphatic hydroxyl groups is 1. The number of esters is 5. The smallest absolute Gasteiger partial charge is 0.314 e. The summed E-state index contributed by atoms with van der Waals surface area (Å²) in [5, 5.41) is 10.5. The molecule has 1 aliphatic heterocycles. The third kappa shape index (κ3) is 6.71. The highest BCUT2D eigenvalue weighted by atomic mass is 16.7. The van der Waals surface area contributed by atoms with Gasteiger partial charge in [0.1, 0.15) is 12.7 Å². The zero-order chi connectivity index (χ0) is 41.3. The standard InChI is InChI=1S/C43H56O13/c1-22-27-11-12-31-41(8,28(27)19-29(48)33(22)49)16-18-43(10)32-20-40(7,14-13-39(32,6)15-17-42(31,43)9)38(50)56-37-36(54-26(5)47)35(53-25(4)46)34(52-24(3)45)30(55-37)21-51-23(2)44/h11-12,19,30,32,34-37,49H,13-18,20-21H2,1-10H3/t30?,32-,34?,35?,36?,37?,39-,40-,41+,42-,43+/m1/s1. The van der Waals surface area contributed by atoms with Crippen LogP contribution in [0.3, 0.4) is 0 Å². The van der Waals surface area contributed by atoms with Crippen molar-refractivity contribution in [2.24, 2.45) is 33.0 Å². The molecule has 1 saturated heterocycles. The van der Waals surface area contributed by atoms with Crippen molar-refractivity contribution in [2.45, 2.75) is 145 Å². The first-order valence-corrected chi connectivity index (χ1v) is 19.6. The van der Waals surface area contributed by atoms with Gasteiger partial charge in [-0.1, -0.05) is 45.4 Å². The maximum atomic E-state index is 14.6. The molecule has 13 heteroatoms. The highest BCUT2D eigenvalue weighted by Crippen LogP contribution is 2.75. The van der Waals surface area contributed by atoms with E-state index in [4.69, 9.17) is 28.4 Å². The van der Waals surface area contributed by atoms with Gasteiger partial charge in [0.05, 0.1) is 5.41 Å². The fourth-order valence-electron chi connectivity index (χ4n) is 11.2. The van der Waals surface area contributed by atoms with Crippen molar-refractivity contribution in [1.82, 2.24) is 0 Å². The Morgan fingerprint density at radius 2 is 1.38 bits per heavy atom. The van der Waals surface area contributed by atoms with Gasteiger partial charge in [0.15, 0.2) is 18.0 Å². The molecule has 0 radical (unpaired) electrons. The second-order valence-electron chi connectivity index (χ2n) is 18.1. The van der Waals surface area contributed by atoms with Crippen molar-refractivity contribution in [1.29, 1.82) is 0 Å². The summed E-state index contributed by atoms with van der Waals surface area (Å²) >= 11 is 0. The van der Waals surface area contributed by atoms with Crippen LogP contribution in [0, 0.1) is 33.0 Å². The fourth-order valence-corrected chi connectivity index (χ4v) is 11.2. The highest BCUT2D eigenvalue weighted by Gasteiger charge is 2.68. The second-order valence-corrected chi connectivity index (χ2v) is 18.1. The predicted octanol–water partition coefficient (Wildman–Crippen LogP) is 6.24. The molecular weight excluding hydrogens is 724 g/mol. The molecule has 4 fully saturated rings. The van der Waals surface area contributed by atoms with Crippen LogP contribution in [0.1, 0.15) is 114 Å². The first-order chi connectivity index (χ1) is 26.0. The predicted molar refractivity (Wildman–Crippen MR) is 199 cm³/mol. The molecule has 56 heavy (non-hydrogen) atoms. The number of hydrogen-bond acceptors (Lipinski definition) is 13. The van der Waals surface area contributed by atoms with Gasteiger partial charge in [-0.05, 0) is 98.2 Å². The van der Waals surface area contributed by atoms with Gasteiger partial charge in [0.2, 0.25) is 18.2 Å². The van der Waals surface area contributed by atoms with E-state index in [0.717, 1.165) is 64.0 Å². The Morgan fingerprint density at radius 3 is 2.00 bits per heavy atom. The summed E-state index contributed by atoms with van der Waals surface area (Å²) in [6.45, 7) is 17.1. The summed E-state index contributed by atoms with van der Waals surface area (Å²) < 4.78 is 34.1. The van der Waals surface area contributed by atoms with E-state index in [0.29, 0.717) is 18.4 Å². The Hall–Kier alpha value is -4.26. The number of ketones is 1. The molecule has 0 aromatic carbocycles. The molecule has 306 valence electrons. The number of allylic oxidation sites excluding steroid dienone is 7. The van der Waals surface area contributed by atoms with Crippen LogP contribution in [0.2, 0.25) is 0 Å². The molecule has 13 nitrogen and oxygen atoms in total. The first-order valence-electron chi connectivity index (χ1n) is 19.6. The Labute approximate surface area is 328 Å². The maximum absolute atomic E-state index is 14.6. The summed E-state index contributed by atoms with van der Waals surface area (Å²) in [5.74, 6) is -4.07. The normalized spacial score (nSPS) is 40.2. The van der Waals surface area contributed by atoms with Gasteiger partial charge >= 0.3 is 29.8 Å². The number of carbonyl (C=O) groups is 6. The molecule has 0 spiro atoms. The lowest BCUT2D eigenvalue weighted by Crippen LogP contribution is -2.64. The Bertz CT molecular complexity index is 1870. The van der Waals surface area contributed by atoms with Crippen molar-refractivity contribution in [3.8, 4) is 0 Å². The van der Waals surface area contributed by atoms with E-state index in [-0.39, 0.29) is 33.7 Å². The van der Waals surface area contributed by atoms with Gasteiger partial charge < -0.3 is 33.5 Å². The minimum Gasteiger partial charge on any atom is -0.504 e. The molecule has 1 heterocycles. The van der Waals surface area contributed by atoms with Crippen LogP contribution in [0.15, 0.2) is 46.3 Å². The maximum Gasteiger partial charge on any atom is 0.314 e. The van der Waals surface area contributed by atoms with E-state index in [9.17, 15) is 33.9 Å². The lowest BCUT2D eigenvalue weighted by molar-refractivity contribution is -0.303. The molecule has 6 rings (SSSR count). The van der Waals surface area contributed by atoms with Gasteiger partial charge in [0, 0.05) is 38.7 Å². The average Bonchev–Trinajstić information content (AvgIpc) is 3.10. The number of aliphatic hydroxyl groups excluding tert-OH is 1. The lowest BCUT2D eigenvalue weighted by atomic mass is 9.34. The van der Waals surface area contributed by atoms with Gasteiger partial charge in [-0.25, -0.2) is 0 Å². The average molecular weight is 781 g/mol. The SMILES string of the molecule is CC(=O)OCC1OC(OC(=O)[C@]2(C)CC[C@]3(C)CC[C@]4(C)C5=CC=C6C(=CC(=O)C(O)=C6C)[C@]5(C)CC[C@@]4(C)[C@@H]3C2)C(OC(C)=O)C(OC(C)=O)C1OC(C)=O. The van der Waals surface area contributed by atoms with E-state index >= 15 is 0 Å². The number of ether oxygens (including phenoxy) is 6. The van der Waals surface area contributed by atoms with E-state index in [1.54, 1.807) is 13.0 Å². The zero-order valence-electron chi connectivity index (χ0n) is 34.2. The van der Waals surface area contributed by atoms with E-state index in [1.165, 1.54) is 12.5 Å². The Morgan fingerprint density at radius 1 is 0.768 bits per heavy atom. The molecular formula is C43H56O13. The summed E-state index contributed by atoms with van der Waals surface area (Å²) in [6, 6.07) is 0. The summed E-state index contributed by atoms with van der Waals surface area (Å²) in [7, 11) is 0. The van der Waals surface area contributed by atoms with Crippen LogP contribution in [-0.4, -0.2) is 78.0 Å². The minimum atomic E-state index is -1.60. The molecule has 6 aliphatic rings. The molecule has 1 N–H and O–H groups in total. The van der Waals surface area contributed by atoms with Crippen LogP contribution in [-0.2, 0) is 57.2 Å². The van der Waals surface area contributed by atoms with Crippen LogP contribution in [0.5, 0.6) is 0 Å². The quantitative estimate of drug-likeness (QED) is 0.227. The highest BCUT2D eigenvalue weighted by molar-refractivity contribution is 6.06. The largest absolute Gasteiger partial charge is 0.504 e. The molecule has 11 atom stereocenters. The van der Waals surface area contributed by atoms with Gasteiger partial charge in [-0.2, -0.15) is 0 Å². The third-order valence-corrected chi connectivity index (χ3v) is 14.5. The number of rotatable bonds is 7. The minimum absolute atomic E-state index is 0.0718. The van der Waals surface area contributed by atoms with E-state index in [2.05, 4.69) is 33.8 Å². The Balaban J connectivity index is 1.32. The van der Waals surface area contributed by atoms with E-state index in [1.807, 2.05) is 13.0 Å². The molecule has 0 aromatic rings. The molecule has 5 unspecified atom stereocenters. The zero-order valence-corrected chi connectivity index (χ0v) is 34.2. The van der Waals surface area contributed by atoms with Crippen LogP contribution < -0.4 is 0 Å². The lowest BCUT2D eigenvalue weighted by Gasteiger charge is -2.70. The third-order valence-electron chi connectivity index (χ3n) is 14.5. The molecule has 0 bridgehead atoms. The number of fused-ring (bicyclic) bond motifs is 7. The molecule has 3 saturated carbocycles. The van der Waals surface area contributed by atoms with Crippen LogP contribution in [0.25, 0.3) is 0 Å². The van der Waals surface area contributed by atoms with Crippen molar-refractivity contribution in [3.05, 3.63) is 46.3 Å². The topological polar surface area (TPSA) is 178 Å². The monoisotopic (exact) mass is 780 g/mol. The summed E-state index contributed by atoms with van der Waals surface area (Å²) in [5.41, 5.74) is 1.70. The van der Waals surface area contributed by atoms with Crippen LogP contribution in [0.4, 0.5) is 0 Å². The van der Waals surface area contributed by atoms with Crippen molar-refractivity contribution in [3.63, 3.8) is 0 Å². The second kappa shape index (κ2) is 14.3. The van der Waals surface area contributed by atoms with Crippen LogP contribution >= 0.6 is 0 Å². The fraction of sp³-hybridized carbons (Fsp3) is 0.674.